The molecule has 0 aromatic heterocycles. The SMILES string of the molecule is O=C(Cc1c(F)cccc1Cl)NS(=O)(=O)c1ccc2c(c1)OCCO2. The fourth-order valence-electron chi connectivity index (χ4n) is 2.30. The minimum absolute atomic E-state index is 0.0480. The number of sulfonamides is 1. The fourth-order valence-corrected chi connectivity index (χ4v) is 3.53. The molecule has 0 aliphatic carbocycles. The Hall–Kier alpha value is -2.32. The van der Waals surface area contributed by atoms with Gasteiger partial charge in [-0.25, -0.2) is 17.5 Å². The molecule has 0 saturated heterocycles. The lowest BCUT2D eigenvalue weighted by molar-refractivity contribution is -0.118. The van der Waals surface area contributed by atoms with E-state index < -0.39 is 28.2 Å². The lowest BCUT2D eigenvalue weighted by Crippen LogP contribution is -2.32. The van der Waals surface area contributed by atoms with Crippen LogP contribution in [-0.4, -0.2) is 27.5 Å². The summed E-state index contributed by atoms with van der Waals surface area (Å²) < 4.78 is 50.9. The first-order chi connectivity index (χ1) is 11.9. The van der Waals surface area contributed by atoms with E-state index in [9.17, 15) is 17.6 Å². The zero-order chi connectivity index (χ0) is 18.0. The molecule has 0 unspecified atom stereocenters. The Morgan fingerprint density at radius 3 is 2.60 bits per heavy atom. The highest BCUT2D eigenvalue weighted by Gasteiger charge is 2.22. The minimum atomic E-state index is -4.14. The third-order valence-electron chi connectivity index (χ3n) is 3.47. The normalized spacial score (nSPS) is 13.4. The number of halogens is 2. The summed E-state index contributed by atoms with van der Waals surface area (Å²) in [6.45, 7) is 0.674. The van der Waals surface area contributed by atoms with Crippen LogP contribution in [0.4, 0.5) is 4.39 Å². The highest BCUT2D eigenvalue weighted by Crippen LogP contribution is 2.32. The summed E-state index contributed by atoms with van der Waals surface area (Å²) in [6, 6.07) is 7.96. The summed E-state index contributed by atoms with van der Waals surface area (Å²) in [4.78, 5) is 11.9. The largest absolute Gasteiger partial charge is 0.486 e. The van der Waals surface area contributed by atoms with Crippen LogP contribution in [0, 0.1) is 5.82 Å². The molecule has 9 heteroatoms. The molecule has 1 amide bonds. The summed E-state index contributed by atoms with van der Waals surface area (Å²) >= 11 is 5.84. The molecule has 6 nitrogen and oxygen atoms in total. The van der Waals surface area contributed by atoms with Gasteiger partial charge in [-0.15, -0.1) is 0 Å². The molecule has 1 aliphatic heterocycles. The molecule has 1 heterocycles. The van der Waals surface area contributed by atoms with Crippen LogP contribution in [0.3, 0.4) is 0 Å². The van der Waals surface area contributed by atoms with Gasteiger partial charge in [-0.05, 0) is 24.3 Å². The van der Waals surface area contributed by atoms with E-state index in [1.807, 2.05) is 4.72 Å². The maximum absolute atomic E-state index is 13.7. The van der Waals surface area contributed by atoms with Gasteiger partial charge in [0, 0.05) is 16.7 Å². The molecular weight excluding hydrogens is 373 g/mol. The van der Waals surface area contributed by atoms with Gasteiger partial charge >= 0.3 is 0 Å². The summed E-state index contributed by atoms with van der Waals surface area (Å²) in [6.07, 6.45) is -0.505. The van der Waals surface area contributed by atoms with Gasteiger partial charge in [-0.1, -0.05) is 17.7 Å². The van der Waals surface area contributed by atoms with Crippen LogP contribution in [0.25, 0.3) is 0 Å². The van der Waals surface area contributed by atoms with E-state index in [4.69, 9.17) is 21.1 Å². The Balaban J connectivity index is 1.78. The number of hydrogen-bond acceptors (Lipinski definition) is 5. The van der Waals surface area contributed by atoms with Gasteiger partial charge in [0.15, 0.2) is 11.5 Å². The zero-order valence-corrected chi connectivity index (χ0v) is 14.4. The van der Waals surface area contributed by atoms with Crippen LogP contribution < -0.4 is 14.2 Å². The third-order valence-corrected chi connectivity index (χ3v) is 5.20. The number of carbonyl (C=O) groups is 1. The molecule has 1 aliphatic rings. The van der Waals surface area contributed by atoms with Crippen molar-refractivity contribution in [1.29, 1.82) is 0 Å². The van der Waals surface area contributed by atoms with Crippen molar-refractivity contribution in [3.63, 3.8) is 0 Å². The zero-order valence-electron chi connectivity index (χ0n) is 12.8. The quantitative estimate of drug-likeness (QED) is 0.873. The van der Waals surface area contributed by atoms with Crippen molar-refractivity contribution in [2.45, 2.75) is 11.3 Å². The maximum atomic E-state index is 13.7. The standard InChI is InChI=1S/C16H13ClFNO5S/c17-12-2-1-3-13(18)11(12)9-16(20)19-25(21,22)10-4-5-14-15(8-10)24-7-6-23-14/h1-5,8H,6-7,9H2,(H,19,20). The lowest BCUT2D eigenvalue weighted by atomic mass is 10.1. The van der Waals surface area contributed by atoms with Gasteiger partial charge in [-0.3, -0.25) is 4.79 Å². The molecule has 0 radical (unpaired) electrons. The van der Waals surface area contributed by atoms with E-state index in [1.165, 1.54) is 30.3 Å². The number of amides is 1. The Morgan fingerprint density at radius 2 is 1.88 bits per heavy atom. The summed E-state index contributed by atoms with van der Waals surface area (Å²) in [5, 5.41) is 0.0480. The van der Waals surface area contributed by atoms with Crippen molar-refractivity contribution < 1.29 is 27.1 Å². The maximum Gasteiger partial charge on any atom is 0.264 e. The predicted molar refractivity (Wildman–Crippen MR) is 87.9 cm³/mol. The molecule has 3 rings (SSSR count). The summed E-state index contributed by atoms with van der Waals surface area (Å²) in [5.74, 6) is -0.880. The highest BCUT2D eigenvalue weighted by atomic mass is 35.5. The van der Waals surface area contributed by atoms with Gasteiger partial charge in [0.1, 0.15) is 19.0 Å². The number of fused-ring (bicyclic) bond motifs is 1. The third kappa shape index (κ3) is 3.85. The van der Waals surface area contributed by atoms with Gasteiger partial charge < -0.3 is 9.47 Å². The van der Waals surface area contributed by atoms with Crippen molar-refractivity contribution >= 4 is 27.5 Å². The molecule has 0 bridgehead atoms. The lowest BCUT2D eigenvalue weighted by Gasteiger charge is -2.18. The van der Waals surface area contributed by atoms with E-state index in [2.05, 4.69) is 0 Å². The number of nitrogens with one attached hydrogen (secondary N) is 1. The molecule has 0 saturated carbocycles. The van der Waals surface area contributed by atoms with E-state index in [1.54, 1.807) is 0 Å². The summed E-state index contributed by atoms with van der Waals surface area (Å²) in [5.41, 5.74) is -0.0703. The van der Waals surface area contributed by atoms with Crippen LogP contribution >= 0.6 is 11.6 Å². The van der Waals surface area contributed by atoms with Gasteiger partial charge in [0.05, 0.1) is 11.3 Å². The van der Waals surface area contributed by atoms with Crippen molar-refractivity contribution in [2.24, 2.45) is 0 Å². The molecule has 0 fully saturated rings. The van der Waals surface area contributed by atoms with Crippen molar-refractivity contribution in [2.75, 3.05) is 13.2 Å². The molecule has 1 N–H and O–H groups in total. The molecule has 0 spiro atoms. The highest BCUT2D eigenvalue weighted by molar-refractivity contribution is 7.90. The van der Waals surface area contributed by atoms with Crippen LogP contribution in [0.1, 0.15) is 5.56 Å². The van der Waals surface area contributed by atoms with Crippen molar-refractivity contribution in [3.05, 3.63) is 52.8 Å². The van der Waals surface area contributed by atoms with Gasteiger partial charge in [0.2, 0.25) is 5.91 Å². The van der Waals surface area contributed by atoms with Crippen LogP contribution in [0.2, 0.25) is 5.02 Å². The first-order valence-corrected chi connectivity index (χ1v) is 9.11. The minimum Gasteiger partial charge on any atom is -0.486 e. The molecular formula is C16H13ClFNO5S. The Labute approximate surface area is 148 Å². The number of ether oxygens (including phenoxy) is 2. The van der Waals surface area contributed by atoms with E-state index >= 15 is 0 Å². The van der Waals surface area contributed by atoms with Crippen LogP contribution in [-0.2, 0) is 21.2 Å². The van der Waals surface area contributed by atoms with Crippen LogP contribution in [0.5, 0.6) is 11.5 Å². The van der Waals surface area contributed by atoms with Gasteiger partial charge in [0.25, 0.3) is 10.0 Å². The first kappa shape index (κ1) is 17.5. The van der Waals surface area contributed by atoms with Gasteiger partial charge in [-0.2, -0.15) is 0 Å². The Kier molecular flexibility index (Phi) is 4.82. The second-order valence-corrected chi connectivity index (χ2v) is 7.30. The Morgan fingerprint density at radius 1 is 1.16 bits per heavy atom. The van der Waals surface area contributed by atoms with Crippen molar-refractivity contribution in [3.8, 4) is 11.5 Å². The molecule has 2 aromatic carbocycles. The monoisotopic (exact) mass is 385 g/mol. The number of hydrogen-bond donors (Lipinski definition) is 1. The molecule has 0 atom stereocenters. The average molecular weight is 386 g/mol. The van der Waals surface area contributed by atoms with Crippen molar-refractivity contribution in [1.82, 2.24) is 4.72 Å². The molecule has 25 heavy (non-hydrogen) atoms. The topological polar surface area (TPSA) is 81.7 Å². The number of benzene rings is 2. The molecule has 2 aromatic rings. The van der Waals surface area contributed by atoms with E-state index in [0.29, 0.717) is 19.0 Å². The summed E-state index contributed by atoms with van der Waals surface area (Å²) in [7, 11) is -4.14. The Bertz CT molecular complexity index is 912. The second-order valence-electron chi connectivity index (χ2n) is 5.21. The first-order valence-electron chi connectivity index (χ1n) is 7.25. The van der Waals surface area contributed by atoms with E-state index in [0.717, 1.165) is 6.07 Å². The van der Waals surface area contributed by atoms with Crippen LogP contribution in [0.15, 0.2) is 41.3 Å². The fraction of sp³-hybridized carbons (Fsp3) is 0.188. The second kappa shape index (κ2) is 6.89. The average Bonchev–Trinajstić information content (AvgIpc) is 2.57. The predicted octanol–water partition coefficient (Wildman–Crippen LogP) is 2.30. The smallest absolute Gasteiger partial charge is 0.264 e. The number of rotatable bonds is 4. The number of carbonyl (C=O) groups excluding carboxylic acids is 1. The van der Waals surface area contributed by atoms with E-state index in [-0.39, 0.29) is 21.2 Å². The molecule has 132 valence electrons.